The highest BCUT2D eigenvalue weighted by Crippen LogP contribution is 2.19. The number of H-pyrrole nitrogens is 1. The molecule has 0 spiro atoms. The van der Waals surface area contributed by atoms with Crippen molar-refractivity contribution in [1.82, 2.24) is 20.2 Å². The summed E-state index contributed by atoms with van der Waals surface area (Å²) in [5, 5.41) is 3.02. The number of piperidine rings is 1. The second-order valence-electron chi connectivity index (χ2n) is 8.11. The predicted molar refractivity (Wildman–Crippen MR) is 116 cm³/mol. The van der Waals surface area contributed by atoms with Crippen molar-refractivity contribution >= 4 is 16.9 Å². The monoisotopic (exact) mass is 390 g/mol. The summed E-state index contributed by atoms with van der Waals surface area (Å²) >= 11 is 0. The fourth-order valence-electron chi connectivity index (χ4n) is 4.03. The number of aromatic amines is 1. The van der Waals surface area contributed by atoms with Gasteiger partial charge in [-0.05, 0) is 49.6 Å². The van der Waals surface area contributed by atoms with Crippen LogP contribution in [-0.2, 0) is 24.3 Å². The Labute approximate surface area is 172 Å². The molecule has 1 amide bonds. The number of para-hydroxylation sites is 2. The molecule has 1 atom stereocenters. The minimum absolute atomic E-state index is 0.0525. The number of amides is 1. The van der Waals surface area contributed by atoms with Gasteiger partial charge in [0.25, 0.3) is 0 Å². The second-order valence-corrected chi connectivity index (χ2v) is 8.11. The van der Waals surface area contributed by atoms with Crippen LogP contribution in [0.1, 0.15) is 49.6 Å². The molecule has 1 unspecified atom stereocenters. The Kier molecular flexibility index (Phi) is 6.25. The van der Waals surface area contributed by atoms with Gasteiger partial charge in [0.1, 0.15) is 5.82 Å². The number of carbonyl (C=O) groups excluding carboxylic acids is 1. The molecule has 29 heavy (non-hydrogen) atoms. The van der Waals surface area contributed by atoms with Crippen LogP contribution in [0.2, 0.25) is 0 Å². The molecule has 0 saturated carbocycles. The number of hydrogen-bond donors (Lipinski definition) is 2. The van der Waals surface area contributed by atoms with Gasteiger partial charge in [-0.15, -0.1) is 0 Å². The highest BCUT2D eigenvalue weighted by Gasteiger charge is 2.17. The number of aromatic nitrogens is 2. The van der Waals surface area contributed by atoms with Gasteiger partial charge in [-0.3, -0.25) is 9.69 Å². The molecule has 1 fully saturated rings. The van der Waals surface area contributed by atoms with E-state index in [1.807, 2.05) is 24.3 Å². The third kappa shape index (κ3) is 5.24. The van der Waals surface area contributed by atoms with Gasteiger partial charge in [0.2, 0.25) is 5.91 Å². The Morgan fingerprint density at radius 2 is 1.93 bits per heavy atom. The van der Waals surface area contributed by atoms with Crippen molar-refractivity contribution in [2.75, 3.05) is 6.54 Å². The summed E-state index contributed by atoms with van der Waals surface area (Å²) in [6, 6.07) is 17.2. The van der Waals surface area contributed by atoms with E-state index in [1.165, 1.54) is 31.4 Å². The maximum atomic E-state index is 12.2. The van der Waals surface area contributed by atoms with E-state index in [0.29, 0.717) is 25.4 Å². The van der Waals surface area contributed by atoms with E-state index in [9.17, 15) is 4.79 Å². The number of aryl methyl sites for hydroxylation is 1. The Bertz CT molecular complexity index is 914. The quantitative estimate of drug-likeness (QED) is 0.636. The number of nitrogens with zero attached hydrogens (tertiary/aromatic N) is 2. The van der Waals surface area contributed by atoms with Crippen LogP contribution < -0.4 is 5.32 Å². The van der Waals surface area contributed by atoms with Gasteiger partial charge in [0, 0.05) is 32.0 Å². The van der Waals surface area contributed by atoms with Crippen molar-refractivity contribution in [3.05, 3.63) is 65.5 Å². The maximum Gasteiger partial charge on any atom is 0.220 e. The van der Waals surface area contributed by atoms with Crippen LogP contribution in [-0.4, -0.2) is 33.4 Å². The van der Waals surface area contributed by atoms with Crippen LogP contribution in [0.3, 0.4) is 0 Å². The summed E-state index contributed by atoms with van der Waals surface area (Å²) in [5.74, 6) is 0.911. The SMILES string of the molecule is CC1CCCCN1Cc1ccc(CNC(=O)CCc2nc3ccccc3[nH]2)cc1. The van der Waals surface area contributed by atoms with Crippen LogP contribution in [0.4, 0.5) is 0 Å². The van der Waals surface area contributed by atoms with Crippen molar-refractivity contribution < 1.29 is 4.79 Å². The first-order valence-corrected chi connectivity index (χ1v) is 10.7. The zero-order valence-electron chi connectivity index (χ0n) is 17.2. The smallest absolute Gasteiger partial charge is 0.220 e. The van der Waals surface area contributed by atoms with Crippen LogP contribution in [0, 0.1) is 0 Å². The number of imidazole rings is 1. The normalized spacial score (nSPS) is 17.5. The van der Waals surface area contributed by atoms with E-state index in [0.717, 1.165) is 29.0 Å². The average molecular weight is 391 g/mol. The van der Waals surface area contributed by atoms with E-state index >= 15 is 0 Å². The lowest BCUT2D eigenvalue weighted by molar-refractivity contribution is -0.121. The first kappa shape index (κ1) is 19.6. The Balaban J connectivity index is 1.22. The van der Waals surface area contributed by atoms with Crippen LogP contribution in [0.5, 0.6) is 0 Å². The van der Waals surface area contributed by atoms with Crippen molar-refractivity contribution in [3.63, 3.8) is 0 Å². The van der Waals surface area contributed by atoms with Gasteiger partial charge < -0.3 is 10.3 Å². The van der Waals surface area contributed by atoms with E-state index in [2.05, 4.69) is 51.4 Å². The molecule has 1 aromatic heterocycles. The molecule has 1 aliphatic rings. The van der Waals surface area contributed by atoms with Crippen molar-refractivity contribution in [2.24, 2.45) is 0 Å². The fourth-order valence-corrected chi connectivity index (χ4v) is 4.03. The number of hydrogen-bond acceptors (Lipinski definition) is 3. The number of benzene rings is 2. The number of likely N-dealkylation sites (tertiary alicyclic amines) is 1. The van der Waals surface area contributed by atoms with Crippen LogP contribution in [0.15, 0.2) is 48.5 Å². The van der Waals surface area contributed by atoms with Crippen LogP contribution in [0.25, 0.3) is 11.0 Å². The zero-order chi connectivity index (χ0) is 20.1. The van der Waals surface area contributed by atoms with E-state index in [-0.39, 0.29) is 5.91 Å². The molecule has 2 aromatic carbocycles. The van der Waals surface area contributed by atoms with Gasteiger partial charge in [-0.1, -0.05) is 42.8 Å². The fraction of sp³-hybridized carbons (Fsp3) is 0.417. The Hall–Kier alpha value is -2.66. The Morgan fingerprint density at radius 1 is 1.14 bits per heavy atom. The number of carbonyl (C=O) groups is 1. The summed E-state index contributed by atoms with van der Waals surface area (Å²) in [6.07, 6.45) is 5.02. The lowest BCUT2D eigenvalue weighted by atomic mass is 10.0. The van der Waals surface area contributed by atoms with Gasteiger partial charge in [0.05, 0.1) is 11.0 Å². The molecule has 0 radical (unpaired) electrons. The summed E-state index contributed by atoms with van der Waals surface area (Å²) in [7, 11) is 0. The zero-order valence-corrected chi connectivity index (χ0v) is 17.2. The number of fused-ring (bicyclic) bond motifs is 1. The molecular weight excluding hydrogens is 360 g/mol. The molecule has 2 N–H and O–H groups in total. The van der Waals surface area contributed by atoms with E-state index < -0.39 is 0 Å². The molecule has 3 aromatic rings. The predicted octanol–water partition coefficient (Wildman–Crippen LogP) is 4.19. The van der Waals surface area contributed by atoms with Gasteiger partial charge in [-0.25, -0.2) is 4.98 Å². The molecule has 1 aliphatic heterocycles. The lowest BCUT2D eigenvalue weighted by Gasteiger charge is -2.33. The largest absolute Gasteiger partial charge is 0.352 e. The summed E-state index contributed by atoms with van der Waals surface area (Å²) in [4.78, 5) is 22.6. The number of rotatable bonds is 7. The maximum absolute atomic E-state index is 12.2. The van der Waals surface area contributed by atoms with Crippen LogP contribution >= 0.6 is 0 Å². The summed E-state index contributed by atoms with van der Waals surface area (Å²) in [5.41, 5.74) is 4.44. The van der Waals surface area contributed by atoms with Gasteiger partial charge >= 0.3 is 0 Å². The van der Waals surface area contributed by atoms with Gasteiger partial charge in [-0.2, -0.15) is 0 Å². The number of nitrogens with one attached hydrogen (secondary N) is 2. The molecule has 152 valence electrons. The van der Waals surface area contributed by atoms with Gasteiger partial charge in [0.15, 0.2) is 0 Å². The second kappa shape index (κ2) is 9.23. The topological polar surface area (TPSA) is 61.0 Å². The minimum Gasteiger partial charge on any atom is -0.352 e. The Morgan fingerprint density at radius 3 is 2.72 bits per heavy atom. The molecule has 4 rings (SSSR count). The summed E-state index contributed by atoms with van der Waals surface area (Å²) < 4.78 is 0. The van der Waals surface area contributed by atoms with Crippen molar-refractivity contribution in [3.8, 4) is 0 Å². The molecule has 5 nitrogen and oxygen atoms in total. The molecule has 2 heterocycles. The highest BCUT2D eigenvalue weighted by atomic mass is 16.1. The van der Waals surface area contributed by atoms with E-state index in [4.69, 9.17) is 0 Å². The molecule has 0 aliphatic carbocycles. The third-order valence-electron chi connectivity index (χ3n) is 5.87. The first-order valence-electron chi connectivity index (χ1n) is 10.7. The molecule has 1 saturated heterocycles. The van der Waals surface area contributed by atoms with Crippen molar-refractivity contribution in [1.29, 1.82) is 0 Å². The standard InChI is InChI=1S/C24H30N4O/c1-18-6-4-5-15-28(18)17-20-11-9-19(10-12-20)16-25-24(29)14-13-23-26-21-7-2-3-8-22(21)27-23/h2-3,7-12,18H,4-6,13-17H2,1H3,(H,25,29)(H,26,27). The average Bonchev–Trinajstić information content (AvgIpc) is 3.16. The highest BCUT2D eigenvalue weighted by molar-refractivity contribution is 5.77. The summed E-state index contributed by atoms with van der Waals surface area (Å²) in [6.45, 7) is 5.11. The van der Waals surface area contributed by atoms with Crippen molar-refractivity contribution in [2.45, 2.75) is 58.2 Å². The minimum atomic E-state index is 0.0525. The first-order chi connectivity index (χ1) is 14.2. The molecular formula is C24H30N4O. The van der Waals surface area contributed by atoms with E-state index in [1.54, 1.807) is 0 Å². The molecule has 5 heteroatoms. The molecule has 0 bridgehead atoms. The lowest BCUT2D eigenvalue weighted by Crippen LogP contribution is -2.36. The third-order valence-corrected chi connectivity index (χ3v) is 5.87.